The summed E-state index contributed by atoms with van der Waals surface area (Å²) in [5.41, 5.74) is 1.82. The Bertz CT molecular complexity index is 328. The van der Waals surface area contributed by atoms with E-state index >= 15 is 0 Å². The van der Waals surface area contributed by atoms with Crippen LogP contribution < -0.4 is 5.32 Å². The second kappa shape index (κ2) is 6.43. The smallest absolute Gasteiger partial charge is 0.221 e. The van der Waals surface area contributed by atoms with Crippen LogP contribution in [0.1, 0.15) is 17.5 Å². The lowest BCUT2D eigenvalue weighted by Gasteiger charge is -2.05. The maximum atomic E-state index is 11.1. The van der Waals surface area contributed by atoms with Gasteiger partial charge in [0.1, 0.15) is 0 Å². The SMILES string of the molecule is O=C(CCCl)NCc1cccc(CO)c1. The normalized spacial score (nSPS) is 10.0. The molecule has 0 bridgehead atoms. The number of halogens is 1. The van der Waals surface area contributed by atoms with Gasteiger partial charge in [0.15, 0.2) is 0 Å². The predicted molar refractivity (Wildman–Crippen MR) is 59.5 cm³/mol. The van der Waals surface area contributed by atoms with Gasteiger partial charge in [-0.1, -0.05) is 24.3 Å². The fraction of sp³-hybridized carbons (Fsp3) is 0.364. The Morgan fingerprint density at radius 3 is 2.80 bits per heavy atom. The summed E-state index contributed by atoms with van der Waals surface area (Å²) < 4.78 is 0. The van der Waals surface area contributed by atoms with Crippen LogP contribution in [0.4, 0.5) is 0 Å². The lowest BCUT2D eigenvalue weighted by Crippen LogP contribution is -2.22. The van der Waals surface area contributed by atoms with Crippen molar-refractivity contribution in [1.29, 1.82) is 0 Å². The molecule has 0 aromatic heterocycles. The van der Waals surface area contributed by atoms with Crippen molar-refractivity contribution in [3.8, 4) is 0 Å². The van der Waals surface area contributed by atoms with Crippen LogP contribution >= 0.6 is 11.6 Å². The van der Waals surface area contributed by atoms with E-state index in [4.69, 9.17) is 16.7 Å². The first-order chi connectivity index (χ1) is 7.26. The molecule has 0 aliphatic rings. The first-order valence-electron chi connectivity index (χ1n) is 4.77. The fourth-order valence-electron chi connectivity index (χ4n) is 1.21. The summed E-state index contributed by atoms with van der Waals surface area (Å²) in [7, 11) is 0. The highest BCUT2D eigenvalue weighted by molar-refractivity contribution is 6.18. The molecule has 82 valence electrons. The Balaban J connectivity index is 2.46. The molecule has 3 nitrogen and oxygen atoms in total. The van der Waals surface area contributed by atoms with Crippen molar-refractivity contribution in [2.45, 2.75) is 19.6 Å². The maximum Gasteiger partial charge on any atom is 0.221 e. The number of hydrogen-bond acceptors (Lipinski definition) is 2. The number of alkyl halides is 1. The lowest BCUT2D eigenvalue weighted by atomic mass is 10.1. The number of aliphatic hydroxyl groups excluding tert-OH is 1. The second-order valence-electron chi connectivity index (χ2n) is 3.19. The Labute approximate surface area is 94.1 Å². The van der Waals surface area contributed by atoms with Gasteiger partial charge in [-0.2, -0.15) is 0 Å². The summed E-state index contributed by atoms with van der Waals surface area (Å²) in [4.78, 5) is 11.1. The molecule has 0 spiro atoms. The van der Waals surface area contributed by atoms with Gasteiger partial charge in [-0.3, -0.25) is 4.79 Å². The molecular weight excluding hydrogens is 214 g/mol. The molecule has 0 fully saturated rings. The standard InChI is InChI=1S/C11H14ClNO2/c12-5-4-11(15)13-7-9-2-1-3-10(6-9)8-14/h1-3,6,14H,4-5,7-8H2,(H,13,15). The van der Waals surface area contributed by atoms with Gasteiger partial charge in [-0.15, -0.1) is 11.6 Å². The fourth-order valence-corrected chi connectivity index (χ4v) is 1.38. The summed E-state index contributed by atoms with van der Waals surface area (Å²) >= 11 is 5.43. The van der Waals surface area contributed by atoms with Crippen molar-refractivity contribution in [2.75, 3.05) is 5.88 Å². The van der Waals surface area contributed by atoms with Gasteiger partial charge in [0.2, 0.25) is 5.91 Å². The van der Waals surface area contributed by atoms with Crippen LogP contribution in [0.5, 0.6) is 0 Å². The molecule has 0 heterocycles. The molecule has 1 aromatic carbocycles. The molecule has 0 radical (unpaired) electrons. The third-order valence-electron chi connectivity index (χ3n) is 1.99. The van der Waals surface area contributed by atoms with Crippen molar-refractivity contribution in [3.63, 3.8) is 0 Å². The average molecular weight is 228 g/mol. The van der Waals surface area contributed by atoms with Crippen molar-refractivity contribution in [2.24, 2.45) is 0 Å². The van der Waals surface area contributed by atoms with E-state index in [1.807, 2.05) is 24.3 Å². The number of benzene rings is 1. The maximum absolute atomic E-state index is 11.1. The Morgan fingerprint density at radius 1 is 1.40 bits per heavy atom. The highest BCUT2D eigenvalue weighted by Gasteiger charge is 2.00. The minimum atomic E-state index is -0.0561. The number of carbonyl (C=O) groups excluding carboxylic acids is 1. The van der Waals surface area contributed by atoms with Crippen LogP contribution in [0.15, 0.2) is 24.3 Å². The zero-order valence-corrected chi connectivity index (χ0v) is 9.13. The van der Waals surface area contributed by atoms with E-state index < -0.39 is 0 Å². The molecule has 0 aliphatic carbocycles. The zero-order valence-electron chi connectivity index (χ0n) is 8.37. The Kier molecular flexibility index (Phi) is 5.15. The third kappa shape index (κ3) is 4.32. The Morgan fingerprint density at radius 2 is 2.13 bits per heavy atom. The number of amides is 1. The number of hydrogen-bond donors (Lipinski definition) is 2. The summed E-state index contributed by atoms with van der Waals surface area (Å²) in [6.45, 7) is 0.493. The summed E-state index contributed by atoms with van der Waals surface area (Å²) in [5.74, 6) is 0.280. The summed E-state index contributed by atoms with van der Waals surface area (Å²) in [6, 6.07) is 7.46. The molecule has 0 unspecified atom stereocenters. The number of carbonyl (C=O) groups is 1. The highest BCUT2D eigenvalue weighted by atomic mass is 35.5. The van der Waals surface area contributed by atoms with E-state index in [-0.39, 0.29) is 12.5 Å². The van der Waals surface area contributed by atoms with Gasteiger partial charge in [0, 0.05) is 18.8 Å². The van der Waals surface area contributed by atoms with Crippen LogP contribution in [0, 0.1) is 0 Å². The second-order valence-corrected chi connectivity index (χ2v) is 3.57. The lowest BCUT2D eigenvalue weighted by molar-refractivity contribution is -0.120. The van der Waals surface area contributed by atoms with Gasteiger partial charge in [0.25, 0.3) is 0 Å². The van der Waals surface area contributed by atoms with Gasteiger partial charge >= 0.3 is 0 Å². The number of nitrogens with one attached hydrogen (secondary N) is 1. The van der Waals surface area contributed by atoms with E-state index in [2.05, 4.69) is 5.32 Å². The largest absolute Gasteiger partial charge is 0.392 e. The van der Waals surface area contributed by atoms with Crippen LogP contribution in [0.2, 0.25) is 0 Å². The average Bonchev–Trinajstić information content (AvgIpc) is 2.27. The van der Waals surface area contributed by atoms with E-state index in [0.717, 1.165) is 11.1 Å². The van der Waals surface area contributed by atoms with E-state index in [0.29, 0.717) is 18.8 Å². The molecule has 1 amide bonds. The molecule has 1 rings (SSSR count). The van der Waals surface area contributed by atoms with Crippen LogP contribution in [0.3, 0.4) is 0 Å². The number of aliphatic hydroxyl groups is 1. The summed E-state index contributed by atoms with van der Waals surface area (Å²) in [5, 5.41) is 11.7. The zero-order chi connectivity index (χ0) is 11.1. The highest BCUT2D eigenvalue weighted by Crippen LogP contribution is 2.04. The van der Waals surface area contributed by atoms with Crippen LogP contribution in [0.25, 0.3) is 0 Å². The van der Waals surface area contributed by atoms with Crippen molar-refractivity contribution in [3.05, 3.63) is 35.4 Å². The van der Waals surface area contributed by atoms with E-state index in [1.165, 1.54) is 0 Å². The molecule has 0 atom stereocenters. The monoisotopic (exact) mass is 227 g/mol. The topological polar surface area (TPSA) is 49.3 Å². The number of rotatable bonds is 5. The van der Waals surface area contributed by atoms with Gasteiger partial charge in [-0.05, 0) is 11.1 Å². The molecule has 0 aliphatic heterocycles. The molecule has 1 aromatic rings. The molecule has 2 N–H and O–H groups in total. The molecule has 4 heteroatoms. The van der Waals surface area contributed by atoms with E-state index in [9.17, 15) is 4.79 Å². The molecule has 0 saturated heterocycles. The van der Waals surface area contributed by atoms with Crippen LogP contribution in [-0.2, 0) is 17.9 Å². The minimum Gasteiger partial charge on any atom is -0.392 e. The van der Waals surface area contributed by atoms with Crippen molar-refractivity contribution < 1.29 is 9.90 Å². The summed E-state index contributed by atoms with van der Waals surface area (Å²) in [6.07, 6.45) is 0.335. The van der Waals surface area contributed by atoms with Crippen molar-refractivity contribution >= 4 is 17.5 Å². The third-order valence-corrected chi connectivity index (χ3v) is 2.17. The molecule has 0 saturated carbocycles. The Hall–Kier alpha value is -1.06. The minimum absolute atomic E-state index is 0.0173. The van der Waals surface area contributed by atoms with E-state index in [1.54, 1.807) is 0 Å². The van der Waals surface area contributed by atoms with Gasteiger partial charge in [-0.25, -0.2) is 0 Å². The van der Waals surface area contributed by atoms with Gasteiger partial charge in [0.05, 0.1) is 6.61 Å². The predicted octanol–water partition coefficient (Wildman–Crippen LogP) is 1.42. The molecular formula is C11H14ClNO2. The first-order valence-corrected chi connectivity index (χ1v) is 5.31. The quantitative estimate of drug-likeness (QED) is 0.748. The first kappa shape index (κ1) is 12.0. The van der Waals surface area contributed by atoms with Crippen LogP contribution in [-0.4, -0.2) is 16.9 Å². The van der Waals surface area contributed by atoms with Gasteiger partial charge < -0.3 is 10.4 Å². The molecule has 15 heavy (non-hydrogen) atoms. The van der Waals surface area contributed by atoms with Crippen molar-refractivity contribution in [1.82, 2.24) is 5.32 Å².